The van der Waals surface area contributed by atoms with Gasteiger partial charge in [0.05, 0.1) is 104 Å². The number of H-pyrrole nitrogens is 2. The van der Waals surface area contributed by atoms with Gasteiger partial charge in [-0.3, -0.25) is 14.6 Å². The number of Topliss-reactive ketones (excluding diaryl/α,β-unsaturated/α-hetero) is 1. The number of alkyl halides is 1. The fourth-order valence-electron chi connectivity index (χ4n) is 16.9. The molecule has 0 fully saturated rings. The lowest BCUT2D eigenvalue weighted by Crippen LogP contribution is -3.00. The third-order valence-corrected chi connectivity index (χ3v) is 22.2. The van der Waals surface area contributed by atoms with E-state index < -0.39 is 0 Å². The molecule has 0 aliphatic carbocycles. The number of fused-ring (bicyclic) bond motifs is 18. The van der Waals surface area contributed by atoms with Crippen LogP contribution in [-0.4, -0.2) is 116 Å². The highest BCUT2D eigenvalue weighted by Crippen LogP contribution is 2.52. The van der Waals surface area contributed by atoms with E-state index in [9.17, 15) is 9.59 Å². The molecule has 0 saturated heterocycles. The summed E-state index contributed by atoms with van der Waals surface area (Å²) in [7, 11) is 9.78. The molecule has 21 rings (SSSR count). The molecule has 0 amide bonds. The van der Waals surface area contributed by atoms with Crippen LogP contribution in [0.15, 0.2) is 162 Å². The first-order chi connectivity index (χ1) is 54.4. The number of pyridine rings is 2. The molecule has 0 spiro atoms. The molecule has 22 nitrogen and oxygen atoms in total. The Morgan fingerprint density at radius 3 is 1.71 bits per heavy atom. The highest BCUT2D eigenvalue weighted by molar-refractivity contribution is 6.29. The maximum Gasteiger partial charge on any atom is 0.262 e. The number of halogens is 2. The number of aromatic amines is 2. The molecular weight excluding hydrogens is 1460 g/mol. The zero-order valence-corrected chi connectivity index (χ0v) is 64.2. The Kier molecular flexibility index (Phi) is 19.5. The molecule has 4 aromatic heterocycles. The lowest BCUT2D eigenvalue weighted by Gasteiger charge is -2.43. The van der Waals surface area contributed by atoms with Crippen LogP contribution in [-0.2, 0) is 56.4 Å². The van der Waals surface area contributed by atoms with Crippen molar-refractivity contribution in [3.05, 3.63) is 224 Å². The molecule has 24 heteroatoms. The quantitative estimate of drug-likeness (QED) is 0.0808. The number of nitrogens with one attached hydrogen (secondary N) is 2. The van der Waals surface area contributed by atoms with E-state index >= 15 is 0 Å². The molecular formula is C88H78Cl2N8O14. The van der Waals surface area contributed by atoms with E-state index in [-0.39, 0.29) is 50.2 Å². The fourth-order valence-corrected chi connectivity index (χ4v) is 17.0. The normalized spacial score (nSPS) is 14.8. The van der Waals surface area contributed by atoms with Crippen molar-refractivity contribution in [1.29, 1.82) is 0 Å². The zero-order valence-electron chi connectivity index (χ0n) is 62.6. The Bertz CT molecular complexity index is 6040. The number of benzene rings is 9. The van der Waals surface area contributed by atoms with Crippen LogP contribution in [0.25, 0.3) is 77.9 Å². The first-order valence-electron chi connectivity index (χ1n) is 36.9. The van der Waals surface area contributed by atoms with Crippen LogP contribution in [0, 0.1) is 0 Å². The lowest BCUT2D eigenvalue weighted by atomic mass is 9.84. The maximum atomic E-state index is 14.0. The summed E-state index contributed by atoms with van der Waals surface area (Å²) in [6.07, 6.45) is 9.34. The van der Waals surface area contributed by atoms with E-state index in [1.54, 1.807) is 49.6 Å². The van der Waals surface area contributed by atoms with Crippen molar-refractivity contribution in [2.75, 3.05) is 75.5 Å². The Hall–Kier alpha value is -12.4. The van der Waals surface area contributed by atoms with E-state index in [0.717, 1.165) is 179 Å². The number of aryl methyl sites for hydroxylation is 3. The van der Waals surface area contributed by atoms with Gasteiger partial charge in [0.1, 0.15) is 17.4 Å². The molecule has 112 heavy (non-hydrogen) atoms. The van der Waals surface area contributed by atoms with Crippen molar-refractivity contribution < 1.29 is 78.6 Å². The second-order valence-corrected chi connectivity index (χ2v) is 28.3. The van der Waals surface area contributed by atoms with Crippen LogP contribution < -0.4 is 79.4 Å². The number of ketones is 1. The molecule has 12 heterocycles. The zero-order chi connectivity index (χ0) is 75.7. The number of hydrogen-bond donors (Lipinski definition) is 2. The number of hydrogen-bond acceptors (Lipinski definition) is 18. The number of ether oxygens (including phenoxy) is 12. The Morgan fingerprint density at radius 2 is 1.10 bits per heavy atom. The average molecular weight is 1540 g/mol. The second-order valence-electron chi connectivity index (χ2n) is 28.1. The summed E-state index contributed by atoms with van der Waals surface area (Å²) in [5.74, 6) is 10.9. The third kappa shape index (κ3) is 12.8. The molecule has 1 unspecified atom stereocenters. The van der Waals surface area contributed by atoms with Gasteiger partial charge < -0.3 is 88.7 Å². The largest absolute Gasteiger partial charge is 1.00 e. The predicted molar refractivity (Wildman–Crippen MR) is 423 cm³/mol. The van der Waals surface area contributed by atoms with Gasteiger partial charge in [0.2, 0.25) is 26.1 Å². The van der Waals surface area contributed by atoms with Gasteiger partial charge in [0.15, 0.2) is 81.7 Å². The minimum Gasteiger partial charge on any atom is -1.00 e. The van der Waals surface area contributed by atoms with E-state index in [1.807, 2.05) is 108 Å². The number of para-hydroxylation sites is 5. The Balaban J connectivity index is 0.000000114. The van der Waals surface area contributed by atoms with Crippen molar-refractivity contribution in [2.45, 2.75) is 71.0 Å². The lowest BCUT2D eigenvalue weighted by molar-refractivity contribution is -0.686. The number of carbonyl (C=O) groups excluding carboxylic acids is 1. The minimum atomic E-state index is -0.105. The topological polar surface area (TPSA) is 227 Å². The Morgan fingerprint density at radius 1 is 0.562 bits per heavy atom. The molecule has 0 bridgehead atoms. The molecule has 1 atom stereocenters. The second kappa shape index (κ2) is 30.1. The van der Waals surface area contributed by atoms with Crippen LogP contribution in [0.4, 0.5) is 5.69 Å². The van der Waals surface area contributed by atoms with Crippen LogP contribution in [0.1, 0.15) is 81.1 Å². The summed E-state index contributed by atoms with van der Waals surface area (Å²) in [6, 6.07) is 48.4. The standard InChI is InChI=1S/C28H23N3O5.C28H24N3O4.C23H23NO5.C9H8ClN.ClH/c1-33-21-8-7-16-18(13-24-29-19-5-3-4-6-20(19)30-24)26-17-12-23-22(35-14-36-23)11-15(17)9-10-31(26)28(32)25(16)27(21)34-2;1-32-23-8-7-17-19(13-26-29-21-5-3-4-6-22(21)30-26)27-18-12-25-24(34-15-35-25)11-16(18)9-10-31(27)14-20(17)28(23)33-2;1-13(25)8-18-22-15(4-5-19(26-2)23(22)27-3)9-17-16-11-21-20(28-12-29-21)10-14(16)6-7-24(17)18;10-6-8-5-7-3-1-2-4-9(7)11-8;/h3-8,11-12H,9-10,13-14H2,1-2H3,(H,29,30);3-8,11-12,14H,9-10,13,15H2,1-2H3,(H,29,30);4-5,9-11,18H,6-8,12H2,1-3H3;1-4H,5-6H2;1H/q;+1;;;/p-1. The van der Waals surface area contributed by atoms with Gasteiger partial charge in [-0.25, -0.2) is 9.97 Å². The highest BCUT2D eigenvalue weighted by Gasteiger charge is 2.39. The van der Waals surface area contributed by atoms with Crippen LogP contribution in [0.3, 0.4) is 0 Å². The maximum absolute atomic E-state index is 14.0. The van der Waals surface area contributed by atoms with Crippen molar-refractivity contribution in [1.82, 2.24) is 29.4 Å². The van der Waals surface area contributed by atoms with Gasteiger partial charge in [-0.2, -0.15) is 4.57 Å². The number of imidazole rings is 2. The van der Waals surface area contributed by atoms with Gasteiger partial charge in [-0.15, -0.1) is 11.6 Å². The molecule has 568 valence electrons. The van der Waals surface area contributed by atoms with Crippen molar-refractivity contribution in [2.24, 2.45) is 4.99 Å². The van der Waals surface area contributed by atoms with E-state index in [2.05, 4.69) is 79.2 Å². The summed E-state index contributed by atoms with van der Waals surface area (Å²) < 4.78 is 72.0. The highest BCUT2D eigenvalue weighted by atomic mass is 35.5. The molecule has 0 radical (unpaired) electrons. The Labute approximate surface area is 655 Å². The molecule has 2 N–H and O–H groups in total. The molecule has 13 aromatic rings. The average Bonchev–Trinajstić information content (AvgIpc) is 0.940. The van der Waals surface area contributed by atoms with E-state index in [0.29, 0.717) is 72.2 Å². The first kappa shape index (κ1) is 72.5. The summed E-state index contributed by atoms with van der Waals surface area (Å²) >= 11 is 5.67. The van der Waals surface area contributed by atoms with Crippen LogP contribution in [0.2, 0.25) is 0 Å². The van der Waals surface area contributed by atoms with Gasteiger partial charge in [0.25, 0.3) is 5.56 Å². The molecule has 9 aromatic carbocycles. The van der Waals surface area contributed by atoms with E-state index in [4.69, 9.17) is 78.4 Å². The minimum absolute atomic E-state index is 0. The van der Waals surface area contributed by atoms with E-state index in [1.165, 1.54) is 33.5 Å². The molecule has 0 saturated carbocycles. The number of methoxy groups -OCH3 is 6. The summed E-state index contributed by atoms with van der Waals surface area (Å²) in [6.45, 7) is 4.57. The third-order valence-electron chi connectivity index (χ3n) is 21.9. The first-order valence-corrected chi connectivity index (χ1v) is 37.4. The van der Waals surface area contributed by atoms with Gasteiger partial charge in [0, 0.05) is 84.2 Å². The number of aromatic nitrogens is 6. The summed E-state index contributed by atoms with van der Waals surface area (Å²) in [5, 5.41) is 3.46. The molecule has 8 aliphatic heterocycles. The number of aliphatic imine (C=N–C) groups is 1. The smallest absolute Gasteiger partial charge is 0.262 e. The van der Waals surface area contributed by atoms with Gasteiger partial charge in [-0.1, -0.05) is 48.5 Å². The molecule has 8 aliphatic rings. The van der Waals surface area contributed by atoms with Crippen LogP contribution in [0.5, 0.6) is 69.0 Å². The SMILES string of the molecule is COc1ccc2c(Cc3nc4ccccc4[nH]3)c3[n+](cc2c1OC)CCc1cc2c(cc1-3)OCO2.COc1ccc2c(Cc3nc4ccccc4[nH]3)c3n(c(=O)c2c1OC)CCc1cc2c(cc1-3)OCO2.COc1ccc2c(c1OC)C(CC(C)=O)N1CCc3cc4c(cc3C1=C2)OCO4.ClCC1=Nc2ccccc2C1.[Cl-]. The van der Waals surface area contributed by atoms with Crippen molar-refractivity contribution in [3.8, 4) is 91.5 Å². The summed E-state index contributed by atoms with van der Waals surface area (Å²) in [5.41, 5.74) is 21.5. The van der Waals surface area contributed by atoms with Gasteiger partial charge >= 0.3 is 0 Å². The van der Waals surface area contributed by atoms with Crippen LogP contribution >= 0.6 is 11.6 Å². The number of carbonyl (C=O) groups is 1. The van der Waals surface area contributed by atoms with Crippen molar-refractivity contribution >= 4 is 84.2 Å². The van der Waals surface area contributed by atoms with Gasteiger partial charge in [-0.05, 0) is 162 Å². The summed E-state index contributed by atoms with van der Waals surface area (Å²) in [4.78, 5) is 49.5. The number of rotatable bonds is 13. The monoisotopic (exact) mass is 1540 g/mol. The van der Waals surface area contributed by atoms with Crippen molar-refractivity contribution in [3.63, 3.8) is 0 Å². The fraction of sp³-hybridized carbons (Fsp3) is 0.250. The predicted octanol–water partition coefficient (Wildman–Crippen LogP) is 12.4. The number of nitrogens with zero attached hydrogens (tertiary/aromatic N) is 6.